The number of hydrogen-bond donors (Lipinski definition) is 3. The summed E-state index contributed by atoms with van der Waals surface area (Å²) in [5.41, 5.74) is 1.37. The van der Waals surface area contributed by atoms with E-state index in [1.165, 1.54) is 29.8 Å². The van der Waals surface area contributed by atoms with E-state index in [4.69, 9.17) is 4.74 Å². The molecule has 4 aromatic rings. The Morgan fingerprint density at radius 1 is 1.34 bits per heavy atom. The molecular weight excluding hydrogens is 469 g/mol. The largest absolute Gasteiger partial charge is 0.487 e. The molecule has 9 nitrogen and oxygen atoms in total. The summed E-state index contributed by atoms with van der Waals surface area (Å²) in [7, 11) is 1.88. The molecule has 3 aromatic heterocycles. The van der Waals surface area contributed by atoms with Crippen molar-refractivity contribution >= 4 is 39.0 Å². The third-order valence-corrected chi connectivity index (χ3v) is 7.20. The van der Waals surface area contributed by atoms with Gasteiger partial charge in [-0.2, -0.15) is 0 Å². The minimum Gasteiger partial charge on any atom is -0.487 e. The normalized spacial score (nSPS) is 15.8. The smallest absolute Gasteiger partial charge is 0.262 e. The molecule has 1 atom stereocenters. The van der Waals surface area contributed by atoms with Crippen LogP contribution in [0.3, 0.4) is 0 Å². The molecule has 1 amide bonds. The number of carbonyl (C=O) groups is 1. The summed E-state index contributed by atoms with van der Waals surface area (Å²) in [4.78, 5) is 27.2. The van der Waals surface area contributed by atoms with E-state index < -0.39 is 0 Å². The molecular formula is C24H26FN7O2S. The Bertz CT molecular complexity index is 1360. The fraction of sp³-hybridized carbons (Fsp3) is 0.333. The monoisotopic (exact) mass is 495 g/mol. The number of anilines is 2. The van der Waals surface area contributed by atoms with Crippen molar-refractivity contribution < 1.29 is 13.9 Å². The Morgan fingerprint density at radius 2 is 2.23 bits per heavy atom. The first-order valence-corrected chi connectivity index (χ1v) is 12.2. The van der Waals surface area contributed by atoms with Gasteiger partial charge in [0, 0.05) is 32.1 Å². The Kier molecular flexibility index (Phi) is 6.60. The number of piperidine rings is 1. The summed E-state index contributed by atoms with van der Waals surface area (Å²) in [6.45, 7) is 3.87. The van der Waals surface area contributed by atoms with Crippen LogP contribution in [-0.2, 0) is 13.6 Å². The SMILES string of the molecule is Cc1c(C(=O)NCc2nccn2C)sc2ncnc(Nc3ccc(F)cc3O[C@H]3CCCNC3)c12. The molecule has 0 unspecified atom stereocenters. The number of hydrogen-bond acceptors (Lipinski definition) is 8. The van der Waals surface area contributed by atoms with Gasteiger partial charge in [-0.05, 0) is 44.0 Å². The predicted octanol–water partition coefficient (Wildman–Crippen LogP) is 3.68. The van der Waals surface area contributed by atoms with Crippen molar-refractivity contribution in [1.82, 2.24) is 30.2 Å². The molecule has 1 aliphatic heterocycles. The minimum absolute atomic E-state index is 0.0339. The number of imidazole rings is 1. The number of thiophene rings is 1. The Labute approximate surface area is 205 Å². The number of benzene rings is 1. The van der Waals surface area contributed by atoms with Crippen molar-refractivity contribution in [2.45, 2.75) is 32.4 Å². The van der Waals surface area contributed by atoms with Crippen LogP contribution >= 0.6 is 11.3 Å². The number of nitrogens with zero attached hydrogens (tertiary/aromatic N) is 4. The zero-order valence-corrected chi connectivity index (χ0v) is 20.3. The first-order valence-electron chi connectivity index (χ1n) is 11.4. The van der Waals surface area contributed by atoms with E-state index in [1.807, 2.05) is 24.7 Å². The van der Waals surface area contributed by atoms with Crippen LogP contribution < -0.4 is 20.7 Å². The highest BCUT2D eigenvalue weighted by Gasteiger charge is 2.21. The highest BCUT2D eigenvalue weighted by atomic mass is 32.1. The minimum atomic E-state index is -0.375. The van der Waals surface area contributed by atoms with Crippen LogP contribution in [0.2, 0.25) is 0 Å². The Morgan fingerprint density at radius 3 is 3.00 bits per heavy atom. The molecule has 0 spiro atoms. The first kappa shape index (κ1) is 23.2. The molecule has 0 saturated carbocycles. The summed E-state index contributed by atoms with van der Waals surface area (Å²) in [6.07, 6.45) is 6.85. The van der Waals surface area contributed by atoms with Crippen LogP contribution in [0, 0.1) is 12.7 Å². The number of fused-ring (bicyclic) bond motifs is 1. The summed E-state index contributed by atoms with van der Waals surface area (Å²) in [5, 5.41) is 10.3. The second kappa shape index (κ2) is 9.96. The van der Waals surface area contributed by atoms with E-state index in [1.54, 1.807) is 12.3 Å². The molecule has 35 heavy (non-hydrogen) atoms. The number of ether oxygens (including phenoxy) is 1. The van der Waals surface area contributed by atoms with Crippen LogP contribution in [0.4, 0.5) is 15.9 Å². The first-order chi connectivity index (χ1) is 17.0. The van der Waals surface area contributed by atoms with Crippen molar-refractivity contribution in [3.05, 3.63) is 59.0 Å². The number of amides is 1. The quantitative estimate of drug-likeness (QED) is 0.359. The fourth-order valence-corrected chi connectivity index (χ4v) is 5.18. The van der Waals surface area contributed by atoms with Gasteiger partial charge in [-0.3, -0.25) is 4.79 Å². The average molecular weight is 496 g/mol. The highest BCUT2D eigenvalue weighted by Crippen LogP contribution is 2.37. The second-order valence-corrected chi connectivity index (χ2v) is 9.45. The third kappa shape index (κ3) is 4.96. The summed E-state index contributed by atoms with van der Waals surface area (Å²) < 4.78 is 22.0. The molecule has 4 heterocycles. The molecule has 1 aromatic carbocycles. The number of nitrogens with one attached hydrogen (secondary N) is 3. The predicted molar refractivity (Wildman–Crippen MR) is 133 cm³/mol. The van der Waals surface area contributed by atoms with Crippen LogP contribution in [0.25, 0.3) is 10.2 Å². The van der Waals surface area contributed by atoms with E-state index in [2.05, 4.69) is 30.9 Å². The lowest BCUT2D eigenvalue weighted by Crippen LogP contribution is -2.37. The highest BCUT2D eigenvalue weighted by molar-refractivity contribution is 7.20. The summed E-state index contributed by atoms with van der Waals surface area (Å²) in [6, 6.07) is 4.40. The van der Waals surface area contributed by atoms with Crippen molar-refractivity contribution in [2.75, 3.05) is 18.4 Å². The van der Waals surface area contributed by atoms with E-state index in [9.17, 15) is 9.18 Å². The van der Waals surface area contributed by atoms with Gasteiger partial charge in [0.05, 0.1) is 22.5 Å². The zero-order valence-electron chi connectivity index (χ0n) is 19.5. The van der Waals surface area contributed by atoms with Gasteiger partial charge in [-0.15, -0.1) is 11.3 Å². The average Bonchev–Trinajstić information content (AvgIpc) is 3.43. The van der Waals surface area contributed by atoms with Crippen molar-refractivity contribution in [2.24, 2.45) is 7.05 Å². The third-order valence-electron chi connectivity index (χ3n) is 6.00. The molecule has 1 aliphatic rings. The molecule has 0 bridgehead atoms. The van der Waals surface area contributed by atoms with Crippen molar-refractivity contribution in [3.8, 4) is 5.75 Å². The van der Waals surface area contributed by atoms with Crippen LogP contribution in [-0.4, -0.2) is 44.6 Å². The van der Waals surface area contributed by atoms with Gasteiger partial charge in [-0.1, -0.05) is 0 Å². The van der Waals surface area contributed by atoms with Crippen LogP contribution in [0.1, 0.15) is 33.9 Å². The van der Waals surface area contributed by atoms with Gasteiger partial charge < -0.3 is 25.3 Å². The van der Waals surface area contributed by atoms with Crippen LogP contribution in [0.15, 0.2) is 36.9 Å². The van der Waals surface area contributed by atoms with E-state index >= 15 is 0 Å². The maximum absolute atomic E-state index is 14.1. The maximum Gasteiger partial charge on any atom is 0.262 e. The molecule has 1 fully saturated rings. The lowest BCUT2D eigenvalue weighted by Gasteiger charge is -2.25. The summed E-state index contributed by atoms with van der Waals surface area (Å²) in [5.74, 6) is 1.14. The van der Waals surface area contributed by atoms with Gasteiger partial charge in [-0.25, -0.2) is 19.3 Å². The van der Waals surface area contributed by atoms with Gasteiger partial charge in [0.2, 0.25) is 0 Å². The molecule has 11 heteroatoms. The molecule has 1 saturated heterocycles. The lowest BCUT2D eigenvalue weighted by molar-refractivity contribution is 0.0953. The Balaban J connectivity index is 1.41. The molecule has 0 aliphatic carbocycles. The molecule has 3 N–H and O–H groups in total. The van der Waals surface area contributed by atoms with Crippen LogP contribution in [0.5, 0.6) is 5.75 Å². The van der Waals surface area contributed by atoms with E-state index in [-0.39, 0.29) is 17.8 Å². The standard InChI is InChI=1S/C24H26FN7O2S/c1-14-20-22(31-17-6-5-15(25)10-18(17)34-16-4-3-7-26-11-16)29-13-30-24(20)35-21(14)23(33)28-12-19-27-8-9-32(19)2/h5-6,8-10,13,16,26H,3-4,7,11-12H2,1-2H3,(H,28,33)(H,29,30,31)/t16-/m0/s1. The topological polar surface area (TPSA) is 106 Å². The van der Waals surface area contributed by atoms with Crippen molar-refractivity contribution in [3.63, 3.8) is 0 Å². The molecule has 182 valence electrons. The maximum atomic E-state index is 14.1. The number of carbonyl (C=O) groups excluding carboxylic acids is 1. The Hall–Kier alpha value is -3.57. The van der Waals surface area contributed by atoms with E-state index in [0.29, 0.717) is 40.1 Å². The molecule has 5 rings (SSSR count). The fourth-order valence-electron chi connectivity index (χ4n) is 4.11. The van der Waals surface area contributed by atoms with E-state index in [0.717, 1.165) is 36.2 Å². The van der Waals surface area contributed by atoms with Gasteiger partial charge >= 0.3 is 0 Å². The zero-order chi connectivity index (χ0) is 24.4. The number of rotatable bonds is 7. The number of aryl methyl sites for hydroxylation is 2. The summed E-state index contributed by atoms with van der Waals surface area (Å²) >= 11 is 1.30. The lowest BCUT2D eigenvalue weighted by atomic mass is 10.1. The molecule has 0 radical (unpaired) electrons. The number of aromatic nitrogens is 4. The van der Waals surface area contributed by atoms with Gasteiger partial charge in [0.15, 0.2) is 0 Å². The van der Waals surface area contributed by atoms with Gasteiger partial charge in [0.1, 0.15) is 40.5 Å². The number of halogens is 1. The second-order valence-electron chi connectivity index (χ2n) is 8.45. The van der Waals surface area contributed by atoms with Gasteiger partial charge in [0.25, 0.3) is 5.91 Å². The van der Waals surface area contributed by atoms with Crippen molar-refractivity contribution in [1.29, 1.82) is 0 Å².